The summed E-state index contributed by atoms with van der Waals surface area (Å²) in [6, 6.07) is 0. The predicted octanol–water partition coefficient (Wildman–Crippen LogP) is 4.12. The van der Waals surface area contributed by atoms with Gasteiger partial charge in [-0.2, -0.15) is 4.98 Å². The van der Waals surface area contributed by atoms with Crippen LogP contribution in [-0.4, -0.2) is 34.0 Å². The second-order valence-electron chi connectivity index (χ2n) is 7.89. The first-order valence-corrected chi connectivity index (χ1v) is 9.70. The minimum atomic E-state index is 0.103. The quantitative estimate of drug-likeness (QED) is 0.832. The molecule has 24 heavy (non-hydrogen) atoms. The van der Waals surface area contributed by atoms with E-state index in [2.05, 4.69) is 19.0 Å². The lowest BCUT2D eigenvalue weighted by Gasteiger charge is -2.32. The number of amides is 1. The molecule has 1 aromatic rings. The van der Waals surface area contributed by atoms with Crippen LogP contribution in [0.1, 0.15) is 89.3 Å². The van der Waals surface area contributed by atoms with Gasteiger partial charge < -0.3 is 9.42 Å². The Kier molecular flexibility index (Phi) is 5.57. The highest BCUT2D eigenvalue weighted by atomic mass is 16.5. The zero-order chi connectivity index (χ0) is 17.1. The summed E-state index contributed by atoms with van der Waals surface area (Å²) in [5, 5.41) is 4.28. The first-order valence-electron chi connectivity index (χ1n) is 9.70. The zero-order valence-electron chi connectivity index (χ0n) is 15.3. The number of likely N-dealkylation sites (tertiary alicyclic amines) is 1. The van der Waals surface area contributed by atoms with E-state index in [4.69, 9.17) is 9.51 Å². The fourth-order valence-corrected chi connectivity index (χ4v) is 4.11. The van der Waals surface area contributed by atoms with Gasteiger partial charge in [-0.15, -0.1) is 0 Å². The number of piperidine rings is 1. The molecule has 1 saturated heterocycles. The van der Waals surface area contributed by atoms with Crippen molar-refractivity contribution in [2.45, 2.75) is 77.6 Å². The van der Waals surface area contributed by atoms with Crippen molar-refractivity contribution in [1.82, 2.24) is 15.0 Å². The summed E-state index contributed by atoms with van der Waals surface area (Å²) in [5.74, 6) is 3.41. The zero-order valence-corrected chi connectivity index (χ0v) is 15.3. The Bertz CT molecular complexity index is 557. The predicted molar refractivity (Wildman–Crippen MR) is 92.7 cm³/mol. The number of nitrogens with zero attached hydrogens (tertiary/aromatic N) is 3. The molecule has 5 nitrogen and oxygen atoms in total. The topological polar surface area (TPSA) is 59.2 Å². The molecule has 1 aliphatic carbocycles. The van der Waals surface area contributed by atoms with Crippen LogP contribution in [0.3, 0.4) is 0 Å². The minimum absolute atomic E-state index is 0.103. The summed E-state index contributed by atoms with van der Waals surface area (Å²) in [6.07, 6.45) is 7.87. The van der Waals surface area contributed by atoms with Crippen molar-refractivity contribution in [2.24, 2.45) is 11.8 Å². The number of hydrogen-bond donors (Lipinski definition) is 0. The third kappa shape index (κ3) is 3.81. The molecule has 1 aliphatic heterocycles. The van der Waals surface area contributed by atoms with Crippen LogP contribution < -0.4 is 0 Å². The molecule has 5 heteroatoms. The summed E-state index contributed by atoms with van der Waals surface area (Å²) < 4.78 is 5.61. The van der Waals surface area contributed by atoms with Gasteiger partial charge in [-0.1, -0.05) is 38.8 Å². The largest absolute Gasteiger partial charge is 0.342 e. The van der Waals surface area contributed by atoms with E-state index in [1.807, 2.05) is 11.8 Å². The Hall–Kier alpha value is -1.39. The van der Waals surface area contributed by atoms with Gasteiger partial charge in [0.1, 0.15) is 0 Å². The van der Waals surface area contributed by atoms with Crippen LogP contribution in [0, 0.1) is 11.8 Å². The molecule has 0 bridgehead atoms. The summed E-state index contributed by atoms with van der Waals surface area (Å²) in [6.45, 7) is 7.99. The third-order valence-corrected chi connectivity index (χ3v) is 5.88. The monoisotopic (exact) mass is 333 g/mol. The molecule has 2 aliphatic rings. The minimum Gasteiger partial charge on any atom is -0.342 e. The molecule has 0 radical (unpaired) electrons. The van der Waals surface area contributed by atoms with Gasteiger partial charge in [0, 0.05) is 24.9 Å². The number of carbonyl (C=O) groups is 1. The molecule has 3 rings (SSSR count). The van der Waals surface area contributed by atoms with Crippen molar-refractivity contribution in [1.29, 1.82) is 0 Å². The molecule has 2 heterocycles. The van der Waals surface area contributed by atoms with Crippen LogP contribution in [0.4, 0.5) is 0 Å². The van der Waals surface area contributed by atoms with Gasteiger partial charge in [0.2, 0.25) is 11.8 Å². The highest BCUT2D eigenvalue weighted by Crippen LogP contribution is 2.35. The van der Waals surface area contributed by atoms with Gasteiger partial charge in [-0.05, 0) is 38.0 Å². The van der Waals surface area contributed by atoms with Crippen molar-refractivity contribution < 1.29 is 9.32 Å². The summed E-state index contributed by atoms with van der Waals surface area (Å²) in [5.41, 5.74) is 0. The maximum absolute atomic E-state index is 12.5. The maximum atomic E-state index is 12.5. The molecule has 0 spiro atoms. The molecule has 0 N–H and O–H groups in total. The molecule has 1 amide bonds. The highest BCUT2D eigenvalue weighted by Gasteiger charge is 2.31. The van der Waals surface area contributed by atoms with E-state index in [1.165, 1.54) is 25.7 Å². The molecule has 0 unspecified atom stereocenters. The van der Waals surface area contributed by atoms with Gasteiger partial charge in [-0.3, -0.25) is 4.79 Å². The molecule has 1 aromatic heterocycles. The normalized spacial score (nSPS) is 29.5. The first kappa shape index (κ1) is 17.4. The molecule has 4 atom stereocenters. The number of hydrogen-bond acceptors (Lipinski definition) is 4. The molecule has 2 fully saturated rings. The molecular weight excluding hydrogens is 302 g/mol. The van der Waals surface area contributed by atoms with Crippen molar-refractivity contribution >= 4 is 5.91 Å². The Morgan fingerprint density at radius 1 is 1.29 bits per heavy atom. The van der Waals surface area contributed by atoms with Crippen LogP contribution in [0.5, 0.6) is 0 Å². The van der Waals surface area contributed by atoms with Gasteiger partial charge in [0.15, 0.2) is 5.82 Å². The molecule has 1 saturated carbocycles. The van der Waals surface area contributed by atoms with Crippen LogP contribution >= 0.6 is 0 Å². The third-order valence-electron chi connectivity index (χ3n) is 5.88. The average molecular weight is 333 g/mol. The smallest absolute Gasteiger partial charge is 0.231 e. The lowest BCUT2D eigenvalue weighted by Crippen LogP contribution is -2.41. The fraction of sp³-hybridized carbons (Fsp3) is 0.842. The van der Waals surface area contributed by atoms with Crippen LogP contribution in [0.2, 0.25) is 0 Å². The molecular formula is C19H31N3O2. The van der Waals surface area contributed by atoms with Crippen molar-refractivity contribution in [3.8, 4) is 0 Å². The Morgan fingerprint density at radius 3 is 2.83 bits per heavy atom. The Labute approximate surface area is 145 Å². The maximum Gasteiger partial charge on any atom is 0.231 e. The van der Waals surface area contributed by atoms with Crippen molar-refractivity contribution in [3.05, 3.63) is 11.7 Å². The average Bonchev–Trinajstić information content (AvgIpc) is 3.11. The lowest BCUT2D eigenvalue weighted by molar-refractivity contribution is -0.136. The first-order chi connectivity index (χ1) is 11.6. The standard InChI is InChI=1S/C19H31N3O2/c1-4-14(3)19(23)22-10-6-9-16(12-22)18-20-17(21-24-18)15-8-5-7-13(2)11-15/h13-16H,4-12H2,1-3H3/t13-,14+,15-,16+/m1/s1. The second-order valence-corrected chi connectivity index (χ2v) is 7.89. The van der Waals surface area contributed by atoms with Crippen molar-refractivity contribution in [3.63, 3.8) is 0 Å². The van der Waals surface area contributed by atoms with Crippen LogP contribution in [0.25, 0.3) is 0 Å². The van der Waals surface area contributed by atoms with Gasteiger partial charge in [-0.25, -0.2) is 0 Å². The SMILES string of the molecule is CC[C@H](C)C(=O)N1CCC[C@H](c2nc([C@@H]3CCC[C@@H](C)C3)no2)C1. The highest BCUT2D eigenvalue weighted by molar-refractivity contribution is 5.78. The molecule has 0 aromatic carbocycles. The number of carbonyl (C=O) groups excluding carboxylic acids is 1. The van der Waals surface area contributed by atoms with E-state index in [0.29, 0.717) is 5.92 Å². The Morgan fingerprint density at radius 2 is 2.08 bits per heavy atom. The van der Waals surface area contributed by atoms with E-state index in [-0.39, 0.29) is 17.7 Å². The van der Waals surface area contributed by atoms with Crippen LogP contribution in [-0.2, 0) is 4.79 Å². The second kappa shape index (κ2) is 7.66. The number of rotatable bonds is 4. The summed E-state index contributed by atoms with van der Waals surface area (Å²) >= 11 is 0. The van der Waals surface area contributed by atoms with E-state index in [9.17, 15) is 4.79 Å². The summed E-state index contributed by atoms with van der Waals surface area (Å²) in [7, 11) is 0. The lowest BCUT2D eigenvalue weighted by atomic mass is 9.82. The van der Waals surface area contributed by atoms with Crippen LogP contribution in [0.15, 0.2) is 4.52 Å². The molecule has 134 valence electrons. The Balaban J connectivity index is 1.65. The fourth-order valence-electron chi connectivity index (χ4n) is 4.11. The van der Waals surface area contributed by atoms with Gasteiger partial charge >= 0.3 is 0 Å². The van der Waals surface area contributed by atoms with E-state index >= 15 is 0 Å². The van der Waals surface area contributed by atoms with Gasteiger partial charge in [0.05, 0.1) is 5.92 Å². The van der Waals surface area contributed by atoms with E-state index in [1.54, 1.807) is 0 Å². The number of aromatic nitrogens is 2. The van der Waals surface area contributed by atoms with E-state index in [0.717, 1.165) is 50.0 Å². The van der Waals surface area contributed by atoms with E-state index < -0.39 is 0 Å². The van der Waals surface area contributed by atoms with Crippen molar-refractivity contribution in [2.75, 3.05) is 13.1 Å². The summed E-state index contributed by atoms with van der Waals surface area (Å²) in [4.78, 5) is 19.2. The van der Waals surface area contributed by atoms with Gasteiger partial charge in [0.25, 0.3) is 0 Å².